The van der Waals surface area contributed by atoms with E-state index < -0.39 is 42.1 Å². The van der Waals surface area contributed by atoms with Gasteiger partial charge in [-0.2, -0.15) is 0 Å². The zero-order valence-electron chi connectivity index (χ0n) is 15.0. The quantitative estimate of drug-likeness (QED) is 0.627. The molecule has 3 amide bonds. The van der Waals surface area contributed by atoms with Gasteiger partial charge in [0.05, 0.1) is 6.42 Å². The number of hydrogen-bond donors (Lipinski definition) is 1. The Bertz CT molecular complexity index is 695. The molecule has 0 unspecified atom stereocenters. The van der Waals surface area contributed by atoms with Crippen LogP contribution in [0.5, 0.6) is 0 Å². The lowest BCUT2D eigenvalue weighted by molar-refractivity contribution is -0.153. The predicted molar refractivity (Wildman–Crippen MR) is 90.7 cm³/mol. The van der Waals surface area contributed by atoms with Crippen molar-refractivity contribution in [2.45, 2.75) is 45.4 Å². The number of nitrogens with one attached hydrogen (secondary N) is 1. The third-order valence-electron chi connectivity index (χ3n) is 3.46. The number of nitrogens with zero attached hydrogens (tertiary/aromatic N) is 1. The highest BCUT2D eigenvalue weighted by Gasteiger charge is 2.41. The number of carbonyl (C=O) groups excluding carboxylic acids is 4. The Morgan fingerprint density at radius 2 is 1.85 bits per heavy atom. The monoisotopic (exact) mass is 362 g/mol. The lowest BCUT2D eigenvalue weighted by Crippen LogP contribution is -2.44. The molecule has 0 aliphatic carbocycles. The van der Waals surface area contributed by atoms with Crippen LogP contribution in [0.2, 0.25) is 0 Å². The molecule has 8 nitrogen and oxygen atoms in total. The number of esters is 1. The minimum absolute atomic E-state index is 0.0511. The Morgan fingerprint density at radius 1 is 1.19 bits per heavy atom. The maximum Gasteiger partial charge on any atom is 0.408 e. The van der Waals surface area contributed by atoms with Gasteiger partial charge in [0.2, 0.25) is 5.91 Å². The van der Waals surface area contributed by atoms with Crippen molar-refractivity contribution in [3.8, 4) is 0 Å². The average Bonchev–Trinajstić information content (AvgIpc) is 2.79. The van der Waals surface area contributed by atoms with Crippen LogP contribution in [0.1, 0.15) is 32.8 Å². The Labute approximate surface area is 151 Å². The second-order valence-corrected chi connectivity index (χ2v) is 6.87. The van der Waals surface area contributed by atoms with Crippen LogP contribution < -0.4 is 5.32 Å². The summed E-state index contributed by atoms with van der Waals surface area (Å²) in [4.78, 5) is 48.7. The highest BCUT2D eigenvalue weighted by atomic mass is 16.6. The average molecular weight is 362 g/mol. The molecule has 1 fully saturated rings. The lowest BCUT2D eigenvalue weighted by Gasteiger charge is -2.21. The van der Waals surface area contributed by atoms with Crippen molar-refractivity contribution < 1.29 is 28.7 Å². The smallest absolute Gasteiger partial charge is 0.408 e. The summed E-state index contributed by atoms with van der Waals surface area (Å²) >= 11 is 0. The van der Waals surface area contributed by atoms with Crippen molar-refractivity contribution in [2.75, 3.05) is 6.54 Å². The number of imide groups is 1. The highest BCUT2D eigenvalue weighted by Crippen LogP contribution is 2.15. The zero-order valence-corrected chi connectivity index (χ0v) is 15.0. The molecule has 0 spiro atoms. The van der Waals surface area contributed by atoms with Gasteiger partial charge in [-0.15, -0.1) is 0 Å². The SMILES string of the molecule is CC(C)(C)OC(=O)N[C@H]1CC(=O)N(CC(=O)OCc2ccccc2)C1=O. The highest BCUT2D eigenvalue weighted by molar-refractivity contribution is 6.08. The lowest BCUT2D eigenvalue weighted by atomic mass is 10.2. The molecule has 0 radical (unpaired) electrons. The minimum atomic E-state index is -1.04. The first kappa shape index (κ1) is 19.4. The summed E-state index contributed by atoms with van der Waals surface area (Å²) in [5, 5.41) is 2.35. The van der Waals surface area contributed by atoms with E-state index in [0.717, 1.165) is 10.5 Å². The van der Waals surface area contributed by atoms with Gasteiger partial charge in [0.15, 0.2) is 0 Å². The fourth-order valence-electron chi connectivity index (χ4n) is 2.32. The summed E-state index contributed by atoms with van der Waals surface area (Å²) in [6.07, 6.45) is -1.01. The van der Waals surface area contributed by atoms with Gasteiger partial charge < -0.3 is 14.8 Å². The number of hydrogen-bond acceptors (Lipinski definition) is 6. The van der Waals surface area contributed by atoms with E-state index in [1.807, 2.05) is 18.2 Å². The number of benzene rings is 1. The van der Waals surface area contributed by atoms with Gasteiger partial charge >= 0.3 is 12.1 Å². The van der Waals surface area contributed by atoms with Crippen LogP contribution in [0.25, 0.3) is 0 Å². The topological polar surface area (TPSA) is 102 Å². The van der Waals surface area contributed by atoms with Crippen LogP contribution in [0.4, 0.5) is 4.79 Å². The number of ether oxygens (including phenoxy) is 2. The molecule has 140 valence electrons. The van der Waals surface area contributed by atoms with E-state index in [1.165, 1.54) is 0 Å². The number of alkyl carbamates (subject to hydrolysis) is 1. The zero-order chi connectivity index (χ0) is 19.3. The first-order valence-corrected chi connectivity index (χ1v) is 8.19. The first-order chi connectivity index (χ1) is 12.2. The Balaban J connectivity index is 1.86. The molecule has 1 N–H and O–H groups in total. The molecule has 1 saturated heterocycles. The van der Waals surface area contributed by atoms with Gasteiger partial charge in [-0.3, -0.25) is 19.3 Å². The fraction of sp³-hybridized carbons (Fsp3) is 0.444. The minimum Gasteiger partial charge on any atom is -0.459 e. The molecule has 1 aromatic carbocycles. The molecule has 0 bridgehead atoms. The van der Waals surface area contributed by atoms with Gasteiger partial charge in [-0.05, 0) is 26.3 Å². The third-order valence-corrected chi connectivity index (χ3v) is 3.46. The van der Waals surface area contributed by atoms with E-state index in [2.05, 4.69) is 5.32 Å². The molecule has 26 heavy (non-hydrogen) atoms. The number of rotatable bonds is 5. The van der Waals surface area contributed by atoms with Crippen LogP contribution in [0.3, 0.4) is 0 Å². The van der Waals surface area contributed by atoms with E-state index in [4.69, 9.17) is 9.47 Å². The Morgan fingerprint density at radius 3 is 2.46 bits per heavy atom. The first-order valence-electron chi connectivity index (χ1n) is 8.19. The summed E-state index contributed by atoms with van der Waals surface area (Å²) in [5.74, 6) is -1.90. The van der Waals surface area contributed by atoms with Crippen molar-refractivity contribution in [1.82, 2.24) is 10.2 Å². The molecular formula is C18H22N2O6. The second kappa shape index (κ2) is 7.99. The molecule has 8 heteroatoms. The maximum atomic E-state index is 12.3. The van der Waals surface area contributed by atoms with Gasteiger partial charge in [0.25, 0.3) is 5.91 Å². The fourth-order valence-corrected chi connectivity index (χ4v) is 2.32. The van der Waals surface area contributed by atoms with Crippen molar-refractivity contribution in [3.05, 3.63) is 35.9 Å². The number of amides is 3. The van der Waals surface area contributed by atoms with Crippen molar-refractivity contribution in [1.29, 1.82) is 0 Å². The molecule has 1 aliphatic rings. The number of carbonyl (C=O) groups is 4. The molecular weight excluding hydrogens is 340 g/mol. The number of likely N-dealkylation sites (tertiary alicyclic amines) is 1. The van der Waals surface area contributed by atoms with Crippen LogP contribution in [0.15, 0.2) is 30.3 Å². The van der Waals surface area contributed by atoms with Crippen LogP contribution >= 0.6 is 0 Å². The van der Waals surface area contributed by atoms with Crippen LogP contribution in [-0.4, -0.2) is 47.0 Å². The van der Waals surface area contributed by atoms with Gasteiger partial charge in [0.1, 0.15) is 24.8 Å². The molecule has 0 aromatic heterocycles. The van der Waals surface area contributed by atoms with E-state index >= 15 is 0 Å². The Hall–Kier alpha value is -2.90. The largest absolute Gasteiger partial charge is 0.459 e. The van der Waals surface area contributed by atoms with E-state index in [-0.39, 0.29) is 13.0 Å². The van der Waals surface area contributed by atoms with E-state index in [0.29, 0.717) is 0 Å². The molecule has 1 aliphatic heterocycles. The van der Waals surface area contributed by atoms with Crippen molar-refractivity contribution in [2.24, 2.45) is 0 Å². The normalized spacial score (nSPS) is 17.2. The maximum absolute atomic E-state index is 12.3. The summed E-state index contributed by atoms with van der Waals surface area (Å²) in [5.41, 5.74) is 0.0702. The summed E-state index contributed by atoms with van der Waals surface area (Å²) in [7, 11) is 0. The molecule has 1 atom stereocenters. The summed E-state index contributed by atoms with van der Waals surface area (Å²) in [6, 6.07) is 8.00. The van der Waals surface area contributed by atoms with E-state index in [9.17, 15) is 19.2 Å². The molecule has 1 aromatic rings. The molecule has 1 heterocycles. The second-order valence-electron chi connectivity index (χ2n) is 6.87. The van der Waals surface area contributed by atoms with Crippen LogP contribution in [0, 0.1) is 0 Å². The van der Waals surface area contributed by atoms with Gasteiger partial charge in [0, 0.05) is 0 Å². The summed E-state index contributed by atoms with van der Waals surface area (Å²) in [6.45, 7) is 4.61. The van der Waals surface area contributed by atoms with Gasteiger partial charge in [-0.25, -0.2) is 4.79 Å². The van der Waals surface area contributed by atoms with Crippen molar-refractivity contribution in [3.63, 3.8) is 0 Å². The summed E-state index contributed by atoms with van der Waals surface area (Å²) < 4.78 is 10.1. The molecule has 2 rings (SSSR count). The van der Waals surface area contributed by atoms with Crippen LogP contribution in [-0.2, 0) is 30.5 Å². The third kappa shape index (κ3) is 5.58. The molecule has 0 saturated carbocycles. The predicted octanol–water partition coefficient (Wildman–Crippen LogP) is 1.38. The Kier molecular flexibility index (Phi) is 5.97. The van der Waals surface area contributed by atoms with E-state index in [1.54, 1.807) is 32.9 Å². The standard InChI is InChI=1S/C18H22N2O6/c1-18(2,3)26-17(24)19-13-9-14(21)20(16(13)23)10-15(22)25-11-12-7-5-4-6-8-12/h4-8,13H,9-11H2,1-3H3,(H,19,24)/t13-/m0/s1. The van der Waals surface area contributed by atoms with Crippen molar-refractivity contribution >= 4 is 23.9 Å². The van der Waals surface area contributed by atoms with Gasteiger partial charge in [-0.1, -0.05) is 30.3 Å².